The highest BCUT2D eigenvalue weighted by molar-refractivity contribution is 5.30. The summed E-state index contributed by atoms with van der Waals surface area (Å²) >= 11 is 0. The number of hydrogen-bond donors (Lipinski definition) is 3. The summed E-state index contributed by atoms with van der Waals surface area (Å²) < 4.78 is 5.98. The molecule has 1 aliphatic heterocycles. The van der Waals surface area contributed by atoms with E-state index >= 15 is 0 Å². The highest BCUT2D eigenvalue weighted by Gasteiger charge is 2.37. The zero-order valence-electron chi connectivity index (χ0n) is 14.9. The lowest BCUT2D eigenvalue weighted by molar-refractivity contribution is -0.0206. The van der Waals surface area contributed by atoms with Crippen LogP contribution in [0.1, 0.15) is 30.9 Å². The predicted octanol–water partition coefficient (Wildman–Crippen LogP) is 3.19. The van der Waals surface area contributed by atoms with Crippen molar-refractivity contribution in [3.05, 3.63) is 59.7 Å². The lowest BCUT2D eigenvalue weighted by Crippen LogP contribution is -2.54. The van der Waals surface area contributed by atoms with Gasteiger partial charge in [-0.05, 0) is 63.1 Å². The summed E-state index contributed by atoms with van der Waals surface area (Å²) in [5, 5.41) is 23.9. The lowest BCUT2D eigenvalue weighted by Gasteiger charge is -2.40. The molecule has 3 rings (SSSR count). The van der Waals surface area contributed by atoms with Crippen molar-refractivity contribution in [3.8, 4) is 11.5 Å². The minimum atomic E-state index is -0.711. The fourth-order valence-electron chi connectivity index (χ4n) is 3.47. The van der Waals surface area contributed by atoms with Crippen LogP contribution in [0, 0.1) is 6.92 Å². The highest BCUT2D eigenvalue weighted by atomic mass is 16.5. The quantitative estimate of drug-likeness (QED) is 0.782. The zero-order chi connectivity index (χ0) is 17.9. The minimum Gasteiger partial charge on any atom is -0.508 e. The molecule has 0 spiro atoms. The third kappa shape index (κ3) is 4.74. The number of piperidine rings is 1. The highest BCUT2D eigenvalue weighted by Crippen LogP contribution is 2.29. The summed E-state index contributed by atoms with van der Waals surface area (Å²) in [7, 11) is 0. The van der Waals surface area contributed by atoms with E-state index in [0.29, 0.717) is 12.8 Å². The number of ether oxygens (including phenoxy) is 1. The smallest absolute Gasteiger partial charge is 0.120 e. The summed E-state index contributed by atoms with van der Waals surface area (Å²) in [6.45, 7) is 4.86. The second-order valence-corrected chi connectivity index (χ2v) is 7.22. The van der Waals surface area contributed by atoms with E-state index < -0.39 is 5.60 Å². The van der Waals surface area contributed by atoms with E-state index in [2.05, 4.69) is 36.5 Å². The second kappa shape index (κ2) is 7.46. The largest absolute Gasteiger partial charge is 0.508 e. The monoisotopic (exact) mass is 341 g/mol. The van der Waals surface area contributed by atoms with Gasteiger partial charge in [-0.25, -0.2) is 0 Å². The average molecular weight is 341 g/mol. The van der Waals surface area contributed by atoms with Gasteiger partial charge >= 0.3 is 0 Å². The summed E-state index contributed by atoms with van der Waals surface area (Å²) in [4.78, 5) is 0. The van der Waals surface area contributed by atoms with Crippen LogP contribution in [0.4, 0.5) is 0 Å². The number of phenolic OH excluding ortho intramolecular Hbond substituents is 1. The lowest BCUT2D eigenvalue weighted by atomic mass is 9.81. The number of phenols is 1. The van der Waals surface area contributed by atoms with Gasteiger partial charge in [-0.15, -0.1) is 0 Å². The molecular formula is C21H27NO3. The third-order valence-corrected chi connectivity index (χ3v) is 4.98. The molecule has 3 unspecified atom stereocenters. The maximum Gasteiger partial charge on any atom is 0.120 e. The third-order valence-electron chi connectivity index (χ3n) is 4.98. The Morgan fingerprint density at radius 2 is 1.84 bits per heavy atom. The average Bonchev–Trinajstić information content (AvgIpc) is 2.59. The molecule has 0 radical (unpaired) electrons. The van der Waals surface area contributed by atoms with E-state index in [9.17, 15) is 10.2 Å². The van der Waals surface area contributed by atoms with Crippen LogP contribution >= 0.6 is 0 Å². The Morgan fingerprint density at radius 1 is 1.16 bits per heavy atom. The first-order chi connectivity index (χ1) is 11.9. The normalized spacial score (nSPS) is 24.7. The van der Waals surface area contributed by atoms with E-state index in [4.69, 9.17) is 4.74 Å². The Kier molecular flexibility index (Phi) is 5.30. The number of aliphatic hydroxyl groups is 1. The van der Waals surface area contributed by atoms with Crippen molar-refractivity contribution in [1.82, 2.24) is 5.32 Å². The Hall–Kier alpha value is -2.04. The van der Waals surface area contributed by atoms with Crippen LogP contribution in [0.15, 0.2) is 48.5 Å². The van der Waals surface area contributed by atoms with Gasteiger partial charge in [0.25, 0.3) is 0 Å². The molecule has 25 heavy (non-hydrogen) atoms. The number of rotatable bonds is 5. The number of aromatic hydroxyl groups is 1. The van der Waals surface area contributed by atoms with E-state index in [1.54, 1.807) is 24.3 Å². The molecule has 3 atom stereocenters. The van der Waals surface area contributed by atoms with Crippen LogP contribution in [0.2, 0.25) is 0 Å². The van der Waals surface area contributed by atoms with Gasteiger partial charge in [-0.3, -0.25) is 0 Å². The van der Waals surface area contributed by atoms with E-state index in [0.717, 1.165) is 18.7 Å². The van der Waals surface area contributed by atoms with Crippen molar-refractivity contribution in [3.63, 3.8) is 0 Å². The molecule has 0 aliphatic carbocycles. The fraction of sp³-hybridized carbons (Fsp3) is 0.429. The number of benzene rings is 2. The zero-order valence-corrected chi connectivity index (χ0v) is 14.9. The molecule has 0 aromatic heterocycles. The topological polar surface area (TPSA) is 61.7 Å². The standard InChI is InChI=1S/C21H27NO3/c1-15-3-5-17(6-4-15)13-21(24)11-12-22-20(14-21)16(2)25-19-9-7-18(23)8-10-19/h3-10,16,20,22-24H,11-14H2,1-2H3. The van der Waals surface area contributed by atoms with Crippen molar-refractivity contribution in [2.75, 3.05) is 6.54 Å². The van der Waals surface area contributed by atoms with Crippen LogP contribution in [0.3, 0.4) is 0 Å². The van der Waals surface area contributed by atoms with Gasteiger partial charge < -0.3 is 20.3 Å². The van der Waals surface area contributed by atoms with Crippen molar-refractivity contribution >= 4 is 0 Å². The summed E-state index contributed by atoms with van der Waals surface area (Å²) in [6.07, 6.45) is 1.98. The maximum absolute atomic E-state index is 11.1. The summed E-state index contributed by atoms with van der Waals surface area (Å²) in [5.74, 6) is 0.947. The first-order valence-corrected chi connectivity index (χ1v) is 8.91. The van der Waals surface area contributed by atoms with Crippen molar-refractivity contribution in [2.24, 2.45) is 0 Å². The molecule has 1 aliphatic rings. The number of nitrogens with one attached hydrogen (secondary N) is 1. The second-order valence-electron chi connectivity index (χ2n) is 7.22. The molecule has 134 valence electrons. The molecule has 4 nitrogen and oxygen atoms in total. The molecule has 0 bridgehead atoms. The minimum absolute atomic E-state index is 0.0746. The van der Waals surface area contributed by atoms with Crippen LogP contribution in [-0.4, -0.2) is 34.5 Å². The molecule has 4 heteroatoms. The van der Waals surface area contributed by atoms with Gasteiger partial charge in [-0.2, -0.15) is 0 Å². The number of hydrogen-bond acceptors (Lipinski definition) is 4. The molecule has 2 aromatic carbocycles. The van der Waals surface area contributed by atoms with E-state index in [-0.39, 0.29) is 17.9 Å². The van der Waals surface area contributed by atoms with Crippen LogP contribution in [0.25, 0.3) is 0 Å². The first-order valence-electron chi connectivity index (χ1n) is 8.91. The molecule has 1 fully saturated rings. The van der Waals surface area contributed by atoms with Crippen molar-refractivity contribution < 1.29 is 14.9 Å². The van der Waals surface area contributed by atoms with Gasteiger partial charge in [0.05, 0.1) is 5.60 Å². The predicted molar refractivity (Wildman–Crippen MR) is 99.1 cm³/mol. The SMILES string of the molecule is Cc1ccc(CC2(O)CCNC(C(C)Oc3ccc(O)cc3)C2)cc1. The van der Waals surface area contributed by atoms with Crippen LogP contribution in [0.5, 0.6) is 11.5 Å². The van der Waals surface area contributed by atoms with Crippen LogP contribution in [-0.2, 0) is 6.42 Å². The van der Waals surface area contributed by atoms with Crippen molar-refractivity contribution in [2.45, 2.75) is 50.9 Å². The van der Waals surface area contributed by atoms with Gasteiger partial charge in [0.1, 0.15) is 17.6 Å². The Bertz CT molecular complexity index is 683. The molecule has 1 heterocycles. The summed E-state index contributed by atoms with van der Waals surface area (Å²) in [5.41, 5.74) is 1.69. The maximum atomic E-state index is 11.1. The van der Waals surface area contributed by atoms with Crippen molar-refractivity contribution in [1.29, 1.82) is 0 Å². The number of aryl methyl sites for hydroxylation is 1. The van der Waals surface area contributed by atoms with E-state index in [1.165, 1.54) is 11.1 Å². The summed E-state index contributed by atoms with van der Waals surface area (Å²) in [6, 6.07) is 15.2. The van der Waals surface area contributed by atoms with Gasteiger partial charge in [0.2, 0.25) is 0 Å². The van der Waals surface area contributed by atoms with Crippen LogP contribution < -0.4 is 10.1 Å². The Balaban J connectivity index is 1.62. The molecule has 0 saturated carbocycles. The molecule has 1 saturated heterocycles. The molecule has 0 amide bonds. The fourth-order valence-corrected chi connectivity index (χ4v) is 3.47. The Morgan fingerprint density at radius 3 is 2.52 bits per heavy atom. The van der Waals surface area contributed by atoms with Gasteiger partial charge in [0.15, 0.2) is 0 Å². The molecular weight excluding hydrogens is 314 g/mol. The molecule has 2 aromatic rings. The Labute approximate surface area is 149 Å². The first kappa shape index (κ1) is 17.8. The molecule has 3 N–H and O–H groups in total. The van der Waals surface area contributed by atoms with E-state index in [1.807, 2.05) is 6.92 Å². The van der Waals surface area contributed by atoms with Gasteiger partial charge in [0, 0.05) is 12.5 Å². The van der Waals surface area contributed by atoms with Gasteiger partial charge in [-0.1, -0.05) is 29.8 Å².